The fourth-order valence-corrected chi connectivity index (χ4v) is 2.99. The van der Waals surface area contributed by atoms with E-state index >= 15 is 0 Å². The van der Waals surface area contributed by atoms with Crippen LogP contribution in [0.5, 0.6) is 5.75 Å². The number of para-hydroxylation sites is 1. The summed E-state index contributed by atoms with van der Waals surface area (Å²) >= 11 is 0. The maximum Gasteiger partial charge on any atom is 0.123 e. The van der Waals surface area contributed by atoms with Gasteiger partial charge in [0.1, 0.15) is 5.75 Å². The molecule has 1 N–H and O–H groups in total. The van der Waals surface area contributed by atoms with Crippen molar-refractivity contribution in [3.05, 3.63) is 29.8 Å². The minimum atomic E-state index is 0.358. The number of hydrogen-bond acceptors (Lipinski definition) is 2. The van der Waals surface area contributed by atoms with E-state index in [-0.39, 0.29) is 0 Å². The quantitative estimate of drug-likeness (QED) is 0.855. The van der Waals surface area contributed by atoms with E-state index in [0.717, 1.165) is 24.1 Å². The molecule has 0 aromatic heterocycles. The first-order valence-electron chi connectivity index (χ1n) is 7.07. The third-order valence-electron chi connectivity index (χ3n) is 4.12. The van der Waals surface area contributed by atoms with Gasteiger partial charge < -0.3 is 10.1 Å². The van der Waals surface area contributed by atoms with Crippen molar-refractivity contribution in [3.63, 3.8) is 0 Å². The van der Waals surface area contributed by atoms with Gasteiger partial charge in [-0.2, -0.15) is 0 Å². The highest BCUT2D eigenvalue weighted by Crippen LogP contribution is 2.31. The maximum atomic E-state index is 5.42. The maximum absolute atomic E-state index is 5.42. The second-order valence-corrected chi connectivity index (χ2v) is 5.66. The van der Waals surface area contributed by atoms with Crippen molar-refractivity contribution in [2.75, 3.05) is 13.7 Å². The third-order valence-corrected chi connectivity index (χ3v) is 4.12. The Labute approximate surface area is 111 Å². The number of ether oxygens (including phenoxy) is 1. The number of methoxy groups -OCH3 is 1. The van der Waals surface area contributed by atoms with Gasteiger partial charge in [0, 0.05) is 11.6 Å². The zero-order valence-corrected chi connectivity index (χ0v) is 11.8. The zero-order valence-electron chi connectivity index (χ0n) is 11.8. The summed E-state index contributed by atoms with van der Waals surface area (Å²) in [5.41, 5.74) is 1.26. The Kier molecular flexibility index (Phi) is 4.65. The summed E-state index contributed by atoms with van der Waals surface area (Å²) in [6.45, 7) is 5.71. The van der Waals surface area contributed by atoms with E-state index in [1.165, 1.54) is 24.8 Å². The van der Waals surface area contributed by atoms with Gasteiger partial charge in [0.15, 0.2) is 0 Å². The van der Waals surface area contributed by atoms with Crippen LogP contribution in [0.15, 0.2) is 24.3 Å². The third kappa shape index (κ3) is 3.26. The SMILES string of the molecule is COc1ccccc1C(C)NCC1CCC(C)C1. The summed E-state index contributed by atoms with van der Waals surface area (Å²) < 4.78 is 5.42. The fourth-order valence-electron chi connectivity index (χ4n) is 2.99. The number of nitrogens with one attached hydrogen (secondary N) is 1. The lowest BCUT2D eigenvalue weighted by atomic mass is 10.0. The lowest BCUT2D eigenvalue weighted by Gasteiger charge is -2.19. The smallest absolute Gasteiger partial charge is 0.123 e. The Morgan fingerprint density at radius 2 is 2.11 bits per heavy atom. The topological polar surface area (TPSA) is 21.3 Å². The van der Waals surface area contributed by atoms with E-state index in [1.807, 2.05) is 12.1 Å². The molecule has 100 valence electrons. The van der Waals surface area contributed by atoms with Gasteiger partial charge in [-0.15, -0.1) is 0 Å². The summed E-state index contributed by atoms with van der Waals surface area (Å²) in [5.74, 6) is 2.76. The monoisotopic (exact) mass is 247 g/mol. The molecule has 1 fully saturated rings. The normalized spacial score (nSPS) is 25.1. The minimum absolute atomic E-state index is 0.358. The molecule has 0 saturated heterocycles. The molecule has 18 heavy (non-hydrogen) atoms. The molecule has 1 aliphatic carbocycles. The van der Waals surface area contributed by atoms with Gasteiger partial charge in [-0.3, -0.25) is 0 Å². The Bertz CT molecular complexity index is 377. The Morgan fingerprint density at radius 1 is 1.33 bits per heavy atom. The van der Waals surface area contributed by atoms with Gasteiger partial charge in [0.2, 0.25) is 0 Å². The molecule has 2 heteroatoms. The molecule has 0 bridgehead atoms. The first-order valence-corrected chi connectivity index (χ1v) is 7.07. The first kappa shape index (κ1) is 13.4. The fraction of sp³-hybridized carbons (Fsp3) is 0.625. The molecule has 2 rings (SSSR count). The summed E-state index contributed by atoms with van der Waals surface area (Å²) in [6.07, 6.45) is 4.16. The van der Waals surface area contributed by atoms with Crippen molar-refractivity contribution < 1.29 is 4.74 Å². The van der Waals surface area contributed by atoms with Crippen LogP contribution in [0.25, 0.3) is 0 Å². The Hall–Kier alpha value is -1.02. The van der Waals surface area contributed by atoms with Crippen molar-refractivity contribution in [2.24, 2.45) is 11.8 Å². The van der Waals surface area contributed by atoms with E-state index in [9.17, 15) is 0 Å². The largest absolute Gasteiger partial charge is 0.496 e. The highest BCUT2D eigenvalue weighted by atomic mass is 16.5. The molecule has 0 radical (unpaired) electrons. The van der Waals surface area contributed by atoms with Crippen LogP contribution in [0.2, 0.25) is 0 Å². The average molecular weight is 247 g/mol. The summed E-state index contributed by atoms with van der Waals surface area (Å²) in [4.78, 5) is 0. The molecule has 1 aliphatic rings. The van der Waals surface area contributed by atoms with E-state index < -0.39 is 0 Å². The molecule has 0 heterocycles. The highest BCUT2D eigenvalue weighted by Gasteiger charge is 2.21. The molecular formula is C16H25NO. The van der Waals surface area contributed by atoms with Crippen LogP contribution < -0.4 is 10.1 Å². The Balaban J connectivity index is 1.89. The number of hydrogen-bond donors (Lipinski definition) is 1. The van der Waals surface area contributed by atoms with Crippen molar-refractivity contribution in [3.8, 4) is 5.75 Å². The average Bonchev–Trinajstić information content (AvgIpc) is 2.81. The molecule has 1 aromatic rings. The molecule has 1 saturated carbocycles. The van der Waals surface area contributed by atoms with Gasteiger partial charge in [-0.1, -0.05) is 31.5 Å². The molecular weight excluding hydrogens is 222 g/mol. The van der Waals surface area contributed by atoms with Crippen LogP contribution in [0.3, 0.4) is 0 Å². The van der Waals surface area contributed by atoms with Crippen LogP contribution >= 0.6 is 0 Å². The highest BCUT2D eigenvalue weighted by molar-refractivity contribution is 5.35. The van der Waals surface area contributed by atoms with Gasteiger partial charge in [-0.05, 0) is 44.2 Å². The molecule has 0 spiro atoms. The van der Waals surface area contributed by atoms with Gasteiger partial charge >= 0.3 is 0 Å². The lowest BCUT2D eigenvalue weighted by molar-refractivity contribution is 0.393. The van der Waals surface area contributed by atoms with Crippen molar-refractivity contribution in [1.82, 2.24) is 5.32 Å². The second kappa shape index (κ2) is 6.24. The van der Waals surface area contributed by atoms with Crippen LogP contribution in [-0.4, -0.2) is 13.7 Å². The van der Waals surface area contributed by atoms with E-state index in [1.54, 1.807) is 7.11 Å². The number of rotatable bonds is 5. The van der Waals surface area contributed by atoms with Crippen molar-refractivity contribution in [2.45, 2.75) is 39.2 Å². The van der Waals surface area contributed by atoms with Crippen molar-refractivity contribution >= 4 is 0 Å². The summed E-state index contributed by atoms with van der Waals surface area (Å²) in [6, 6.07) is 8.64. The van der Waals surface area contributed by atoms with Crippen LogP contribution in [0.4, 0.5) is 0 Å². The standard InChI is InChI=1S/C16H25NO/c1-12-8-9-14(10-12)11-17-13(2)15-6-4-5-7-16(15)18-3/h4-7,12-14,17H,8-11H2,1-3H3. The van der Waals surface area contributed by atoms with E-state index in [4.69, 9.17) is 4.74 Å². The predicted molar refractivity (Wildman–Crippen MR) is 75.9 cm³/mol. The minimum Gasteiger partial charge on any atom is -0.496 e. The molecule has 1 aromatic carbocycles. The molecule has 0 amide bonds. The Morgan fingerprint density at radius 3 is 2.78 bits per heavy atom. The molecule has 3 unspecified atom stereocenters. The summed E-state index contributed by atoms with van der Waals surface area (Å²) in [5, 5.41) is 3.66. The molecule has 2 nitrogen and oxygen atoms in total. The second-order valence-electron chi connectivity index (χ2n) is 5.66. The van der Waals surface area contributed by atoms with Gasteiger partial charge in [-0.25, -0.2) is 0 Å². The van der Waals surface area contributed by atoms with Crippen LogP contribution in [-0.2, 0) is 0 Å². The number of benzene rings is 1. The van der Waals surface area contributed by atoms with E-state index in [2.05, 4.69) is 31.3 Å². The lowest BCUT2D eigenvalue weighted by Crippen LogP contribution is -2.25. The van der Waals surface area contributed by atoms with E-state index in [0.29, 0.717) is 6.04 Å². The first-order chi connectivity index (χ1) is 8.70. The van der Waals surface area contributed by atoms with Crippen molar-refractivity contribution in [1.29, 1.82) is 0 Å². The molecule has 0 aliphatic heterocycles. The predicted octanol–water partition coefficient (Wildman–Crippen LogP) is 3.78. The summed E-state index contributed by atoms with van der Waals surface area (Å²) in [7, 11) is 1.74. The zero-order chi connectivity index (χ0) is 13.0. The molecule has 3 atom stereocenters. The van der Waals surface area contributed by atoms with Crippen LogP contribution in [0, 0.1) is 11.8 Å². The van der Waals surface area contributed by atoms with Gasteiger partial charge in [0.05, 0.1) is 7.11 Å². The van der Waals surface area contributed by atoms with Gasteiger partial charge in [0.25, 0.3) is 0 Å². The van der Waals surface area contributed by atoms with Crippen LogP contribution in [0.1, 0.15) is 44.7 Å².